The first-order valence-corrected chi connectivity index (χ1v) is 8.49. The Labute approximate surface area is 112 Å². The first-order valence-electron chi connectivity index (χ1n) is 6.19. The van der Waals surface area contributed by atoms with Crippen LogP contribution < -0.4 is 4.72 Å². The van der Waals surface area contributed by atoms with Crippen LogP contribution in [0, 0.1) is 0 Å². The van der Waals surface area contributed by atoms with Crippen LogP contribution in [0.2, 0.25) is 0 Å². The first kappa shape index (κ1) is 14.0. The fourth-order valence-electron chi connectivity index (χ4n) is 2.38. The number of sulfonamides is 1. The predicted octanol–water partition coefficient (Wildman–Crippen LogP) is 1.89. The molecule has 0 radical (unpaired) electrons. The van der Waals surface area contributed by atoms with E-state index < -0.39 is 10.0 Å². The van der Waals surface area contributed by atoms with Crippen molar-refractivity contribution in [3.8, 4) is 0 Å². The van der Waals surface area contributed by atoms with E-state index in [0.717, 1.165) is 30.6 Å². The minimum Gasteiger partial charge on any atom is -0.396 e. The summed E-state index contributed by atoms with van der Waals surface area (Å²) in [4.78, 5) is 0.898. The highest BCUT2D eigenvalue weighted by Gasteiger charge is 2.33. The summed E-state index contributed by atoms with van der Waals surface area (Å²) in [5, 5.41) is 8.84. The second-order valence-electron chi connectivity index (χ2n) is 5.07. The Morgan fingerprint density at radius 3 is 2.67 bits per heavy atom. The lowest BCUT2D eigenvalue weighted by Crippen LogP contribution is -2.43. The highest BCUT2D eigenvalue weighted by Crippen LogP contribution is 2.31. The SMILES string of the molecule is CC1(NS(=O)(=O)c2ccc(CCO)s2)CCCC1. The van der Waals surface area contributed by atoms with E-state index in [1.54, 1.807) is 12.1 Å². The van der Waals surface area contributed by atoms with Gasteiger partial charge in [-0.3, -0.25) is 0 Å². The minimum atomic E-state index is -3.41. The molecule has 1 aliphatic carbocycles. The van der Waals surface area contributed by atoms with Crippen LogP contribution in [0.4, 0.5) is 0 Å². The van der Waals surface area contributed by atoms with Crippen molar-refractivity contribution in [3.63, 3.8) is 0 Å². The van der Waals surface area contributed by atoms with Gasteiger partial charge >= 0.3 is 0 Å². The van der Waals surface area contributed by atoms with E-state index >= 15 is 0 Å². The number of rotatable bonds is 5. The van der Waals surface area contributed by atoms with E-state index in [9.17, 15) is 8.42 Å². The van der Waals surface area contributed by atoms with Crippen molar-refractivity contribution in [2.45, 2.75) is 48.8 Å². The van der Waals surface area contributed by atoms with Gasteiger partial charge in [0.15, 0.2) is 0 Å². The van der Waals surface area contributed by atoms with Crippen LogP contribution in [0.5, 0.6) is 0 Å². The third kappa shape index (κ3) is 3.12. The molecule has 0 bridgehead atoms. The molecule has 1 aliphatic rings. The normalized spacial score (nSPS) is 19.2. The first-order chi connectivity index (χ1) is 8.45. The molecule has 0 atom stereocenters. The van der Waals surface area contributed by atoms with E-state index in [-0.39, 0.29) is 12.1 Å². The fourth-order valence-corrected chi connectivity index (χ4v) is 5.19. The Kier molecular flexibility index (Phi) is 4.11. The molecule has 102 valence electrons. The number of hydrogen-bond donors (Lipinski definition) is 2. The largest absolute Gasteiger partial charge is 0.396 e. The molecule has 1 aromatic heterocycles. The summed E-state index contributed by atoms with van der Waals surface area (Å²) in [6, 6.07) is 3.39. The Bertz CT molecular complexity index is 501. The molecule has 18 heavy (non-hydrogen) atoms. The summed E-state index contributed by atoms with van der Waals surface area (Å²) < 4.78 is 27.7. The molecule has 4 nitrogen and oxygen atoms in total. The molecule has 6 heteroatoms. The molecule has 0 aromatic carbocycles. The van der Waals surface area contributed by atoms with Gasteiger partial charge < -0.3 is 5.11 Å². The lowest BCUT2D eigenvalue weighted by Gasteiger charge is -2.24. The minimum absolute atomic E-state index is 0.0468. The van der Waals surface area contributed by atoms with E-state index in [1.165, 1.54) is 11.3 Å². The van der Waals surface area contributed by atoms with Crippen molar-refractivity contribution in [2.75, 3.05) is 6.61 Å². The van der Waals surface area contributed by atoms with E-state index in [0.29, 0.717) is 10.6 Å². The van der Waals surface area contributed by atoms with Crippen molar-refractivity contribution >= 4 is 21.4 Å². The van der Waals surface area contributed by atoms with Crippen molar-refractivity contribution in [2.24, 2.45) is 0 Å². The van der Waals surface area contributed by atoms with Crippen molar-refractivity contribution in [1.82, 2.24) is 4.72 Å². The van der Waals surface area contributed by atoms with E-state index in [2.05, 4.69) is 4.72 Å². The number of thiophene rings is 1. The van der Waals surface area contributed by atoms with Gasteiger partial charge in [0.1, 0.15) is 4.21 Å². The third-order valence-electron chi connectivity index (χ3n) is 3.35. The number of nitrogens with one attached hydrogen (secondary N) is 1. The summed E-state index contributed by atoms with van der Waals surface area (Å²) >= 11 is 1.24. The Balaban J connectivity index is 2.14. The highest BCUT2D eigenvalue weighted by atomic mass is 32.2. The van der Waals surface area contributed by atoms with Gasteiger partial charge in [0, 0.05) is 23.4 Å². The molecule has 1 heterocycles. The predicted molar refractivity (Wildman–Crippen MR) is 72.3 cm³/mol. The monoisotopic (exact) mass is 289 g/mol. The maximum absolute atomic E-state index is 12.2. The Morgan fingerprint density at radius 2 is 2.06 bits per heavy atom. The van der Waals surface area contributed by atoms with Gasteiger partial charge in [0.05, 0.1) is 0 Å². The smallest absolute Gasteiger partial charge is 0.250 e. The van der Waals surface area contributed by atoms with E-state index in [4.69, 9.17) is 5.11 Å². The third-order valence-corrected chi connectivity index (χ3v) is 6.62. The zero-order valence-corrected chi connectivity index (χ0v) is 12.1. The summed E-state index contributed by atoms with van der Waals surface area (Å²) in [6.07, 6.45) is 4.48. The van der Waals surface area contributed by atoms with Crippen LogP contribution in [-0.4, -0.2) is 25.7 Å². The van der Waals surface area contributed by atoms with Gasteiger partial charge in [0.2, 0.25) is 0 Å². The Hall–Kier alpha value is -0.430. The molecule has 1 aromatic rings. The Morgan fingerprint density at radius 1 is 1.39 bits per heavy atom. The molecular weight excluding hydrogens is 270 g/mol. The number of hydrogen-bond acceptors (Lipinski definition) is 4. The topological polar surface area (TPSA) is 66.4 Å². The van der Waals surface area contributed by atoms with Crippen molar-refractivity contribution < 1.29 is 13.5 Å². The second-order valence-corrected chi connectivity index (χ2v) is 8.15. The van der Waals surface area contributed by atoms with Gasteiger partial charge in [-0.25, -0.2) is 13.1 Å². The summed E-state index contributed by atoms with van der Waals surface area (Å²) in [6.45, 7) is 2.02. The van der Waals surface area contributed by atoms with Crippen LogP contribution in [0.1, 0.15) is 37.5 Å². The molecule has 0 unspecified atom stereocenters. The highest BCUT2D eigenvalue weighted by molar-refractivity contribution is 7.91. The van der Waals surface area contributed by atoms with Gasteiger partial charge in [-0.1, -0.05) is 12.8 Å². The van der Waals surface area contributed by atoms with Gasteiger partial charge in [0.25, 0.3) is 10.0 Å². The maximum Gasteiger partial charge on any atom is 0.250 e. The standard InChI is InChI=1S/C12H19NO3S2/c1-12(7-2-3-8-12)13-18(15,16)11-5-4-10(17-11)6-9-14/h4-5,13-14H,2-3,6-9H2,1H3. The summed E-state index contributed by atoms with van der Waals surface area (Å²) in [7, 11) is -3.41. The van der Waals surface area contributed by atoms with Crippen molar-refractivity contribution in [3.05, 3.63) is 17.0 Å². The lowest BCUT2D eigenvalue weighted by atomic mass is 10.0. The molecular formula is C12H19NO3S2. The molecule has 0 aliphatic heterocycles. The number of aliphatic hydroxyl groups excluding tert-OH is 1. The zero-order chi connectivity index (χ0) is 13.2. The maximum atomic E-state index is 12.2. The summed E-state index contributed by atoms with van der Waals surface area (Å²) in [5.41, 5.74) is -0.292. The molecule has 2 rings (SSSR count). The zero-order valence-electron chi connectivity index (χ0n) is 10.5. The van der Waals surface area contributed by atoms with Crippen LogP contribution in [0.15, 0.2) is 16.3 Å². The molecule has 0 amide bonds. The fraction of sp³-hybridized carbons (Fsp3) is 0.667. The molecule has 2 N–H and O–H groups in total. The summed E-state index contributed by atoms with van der Waals surface area (Å²) in [5.74, 6) is 0. The molecule has 1 saturated carbocycles. The van der Waals surface area contributed by atoms with Crippen LogP contribution in [-0.2, 0) is 16.4 Å². The van der Waals surface area contributed by atoms with Crippen molar-refractivity contribution in [1.29, 1.82) is 0 Å². The molecule has 0 saturated heterocycles. The van der Waals surface area contributed by atoms with Gasteiger partial charge in [-0.05, 0) is 31.9 Å². The number of aliphatic hydroxyl groups is 1. The van der Waals surface area contributed by atoms with Gasteiger partial charge in [-0.2, -0.15) is 0 Å². The van der Waals surface area contributed by atoms with Crippen LogP contribution >= 0.6 is 11.3 Å². The van der Waals surface area contributed by atoms with Crippen LogP contribution in [0.3, 0.4) is 0 Å². The molecule has 1 fully saturated rings. The average molecular weight is 289 g/mol. The quantitative estimate of drug-likeness (QED) is 0.870. The average Bonchev–Trinajstić information content (AvgIpc) is 2.87. The van der Waals surface area contributed by atoms with Gasteiger partial charge in [-0.15, -0.1) is 11.3 Å². The van der Waals surface area contributed by atoms with Crippen LogP contribution in [0.25, 0.3) is 0 Å². The second kappa shape index (κ2) is 5.28. The van der Waals surface area contributed by atoms with E-state index in [1.807, 2.05) is 6.92 Å². The lowest BCUT2D eigenvalue weighted by molar-refractivity contribution is 0.300. The molecule has 0 spiro atoms.